The lowest BCUT2D eigenvalue weighted by Crippen LogP contribution is -2.28. The summed E-state index contributed by atoms with van der Waals surface area (Å²) >= 11 is 6.17. The molecule has 2 aromatic rings. The monoisotopic (exact) mass is 384 g/mol. The molecule has 0 spiro atoms. The van der Waals surface area contributed by atoms with Gasteiger partial charge in [0.2, 0.25) is 11.8 Å². The van der Waals surface area contributed by atoms with E-state index in [1.54, 1.807) is 11.0 Å². The molecule has 3 rings (SSSR count). The molecule has 1 aliphatic heterocycles. The second kappa shape index (κ2) is 8.57. The molecule has 4 nitrogen and oxygen atoms in total. The first-order chi connectivity index (χ1) is 13.0. The molecular formula is C22H25ClN2O2. The molecule has 0 saturated carbocycles. The number of halogens is 1. The van der Waals surface area contributed by atoms with Crippen molar-refractivity contribution in [3.63, 3.8) is 0 Å². The van der Waals surface area contributed by atoms with Crippen LogP contribution in [0.25, 0.3) is 0 Å². The van der Waals surface area contributed by atoms with Gasteiger partial charge in [0.05, 0.1) is 5.92 Å². The van der Waals surface area contributed by atoms with Crippen molar-refractivity contribution in [2.75, 3.05) is 16.8 Å². The molecule has 0 aromatic heterocycles. The van der Waals surface area contributed by atoms with Gasteiger partial charge in [-0.15, -0.1) is 0 Å². The first-order valence-electron chi connectivity index (χ1n) is 9.45. The molecule has 1 aliphatic rings. The van der Waals surface area contributed by atoms with E-state index in [0.29, 0.717) is 11.6 Å². The van der Waals surface area contributed by atoms with Crippen LogP contribution in [0.2, 0.25) is 5.02 Å². The van der Waals surface area contributed by atoms with Crippen LogP contribution in [0.1, 0.15) is 37.3 Å². The normalized spacial score (nSPS) is 16.6. The van der Waals surface area contributed by atoms with Crippen molar-refractivity contribution < 1.29 is 9.59 Å². The molecule has 0 unspecified atom stereocenters. The van der Waals surface area contributed by atoms with Crippen LogP contribution in [0.4, 0.5) is 11.4 Å². The number of hydrogen-bond donors (Lipinski definition) is 1. The first kappa shape index (κ1) is 19.4. The molecule has 0 aliphatic carbocycles. The topological polar surface area (TPSA) is 49.4 Å². The van der Waals surface area contributed by atoms with Crippen molar-refractivity contribution in [2.24, 2.45) is 5.92 Å². The van der Waals surface area contributed by atoms with Gasteiger partial charge in [0.15, 0.2) is 0 Å². The summed E-state index contributed by atoms with van der Waals surface area (Å²) in [6.45, 7) is 4.44. The number of rotatable bonds is 6. The van der Waals surface area contributed by atoms with Gasteiger partial charge in [0, 0.05) is 29.4 Å². The molecule has 142 valence electrons. The number of nitrogens with one attached hydrogen (secondary N) is 1. The smallest absolute Gasteiger partial charge is 0.229 e. The molecule has 1 saturated heterocycles. The fourth-order valence-electron chi connectivity index (χ4n) is 3.38. The summed E-state index contributed by atoms with van der Waals surface area (Å²) < 4.78 is 0. The van der Waals surface area contributed by atoms with Crippen molar-refractivity contribution in [1.29, 1.82) is 0 Å². The van der Waals surface area contributed by atoms with E-state index in [-0.39, 0.29) is 24.2 Å². The minimum absolute atomic E-state index is 0.0459. The molecule has 5 heteroatoms. The van der Waals surface area contributed by atoms with Crippen LogP contribution >= 0.6 is 11.6 Å². The van der Waals surface area contributed by atoms with Crippen molar-refractivity contribution >= 4 is 34.8 Å². The van der Waals surface area contributed by atoms with Gasteiger partial charge >= 0.3 is 0 Å². The Kier molecular flexibility index (Phi) is 6.17. The molecule has 1 fully saturated rings. The van der Waals surface area contributed by atoms with Crippen LogP contribution in [0.15, 0.2) is 42.5 Å². The summed E-state index contributed by atoms with van der Waals surface area (Å²) in [5.41, 5.74) is 3.68. The van der Waals surface area contributed by atoms with Gasteiger partial charge in [-0.1, -0.05) is 43.1 Å². The average Bonchev–Trinajstić information content (AvgIpc) is 3.05. The lowest BCUT2D eigenvalue weighted by atomic mass is 10.1. The lowest BCUT2D eigenvalue weighted by molar-refractivity contribution is -0.122. The second-order valence-electron chi connectivity index (χ2n) is 7.08. The van der Waals surface area contributed by atoms with Crippen LogP contribution in [-0.4, -0.2) is 18.4 Å². The standard InChI is InChI=1S/C22H25ClN2O2/c1-3-4-6-16-9-11-18(12-10-16)24-22(27)17-13-21(26)25(14-17)20-8-5-7-19(23)15(20)2/h5,7-12,17H,3-4,6,13-14H2,1-2H3,(H,24,27)/t17-/m1/s1. The SMILES string of the molecule is CCCCc1ccc(NC(=O)[C@@H]2CC(=O)N(c3cccc(Cl)c3C)C2)cc1. The van der Waals surface area contributed by atoms with Gasteiger partial charge in [0.25, 0.3) is 0 Å². The fourth-order valence-corrected chi connectivity index (χ4v) is 3.55. The predicted molar refractivity (Wildman–Crippen MR) is 110 cm³/mol. The van der Waals surface area contributed by atoms with Gasteiger partial charge < -0.3 is 10.2 Å². The molecule has 1 heterocycles. The van der Waals surface area contributed by atoms with Crippen molar-refractivity contribution in [3.05, 3.63) is 58.6 Å². The van der Waals surface area contributed by atoms with Gasteiger partial charge in [-0.2, -0.15) is 0 Å². The third kappa shape index (κ3) is 4.51. The Labute approximate surface area is 165 Å². The van der Waals surface area contributed by atoms with Crippen LogP contribution < -0.4 is 10.2 Å². The lowest BCUT2D eigenvalue weighted by Gasteiger charge is -2.19. The zero-order valence-electron chi connectivity index (χ0n) is 15.8. The highest BCUT2D eigenvalue weighted by molar-refractivity contribution is 6.31. The maximum Gasteiger partial charge on any atom is 0.229 e. The van der Waals surface area contributed by atoms with E-state index in [4.69, 9.17) is 11.6 Å². The Bertz CT molecular complexity index is 833. The number of aryl methyl sites for hydroxylation is 1. The number of carbonyl (C=O) groups excluding carboxylic acids is 2. The molecule has 2 amide bonds. The Morgan fingerprint density at radius 3 is 2.67 bits per heavy atom. The molecular weight excluding hydrogens is 360 g/mol. The number of carbonyl (C=O) groups is 2. The molecule has 1 N–H and O–H groups in total. The number of hydrogen-bond acceptors (Lipinski definition) is 2. The highest BCUT2D eigenvalue weighted by atomic mass is 35.5. The van der Waals surface area contributed by atoms with Crippen molar-refractivity contribution in [3.8, 4) is 0 Å². The van der Waals surface area contributed by atoms with E-state index >= 15 is 0 Å². The van der Waals surface area contributed by atoms with Gasteiger partial charge in [-0.05, 0) is 55.2 Å². The summed E-state index contributed by atoms with van der Waals surface area (Å²) in [4.78, 5) is 26.7. The van der Waals surface area contributed by atoms with E-state index in [9.17, 15) is 9.59 Å². The van der Waals surface area contributed by atoms with Crippen molar-refractivity contribution in [1.82, 2.24) is 0 Å². The molecule has 0 radical (unpaired) electrons. The summed E-state index contributed by atoms with van der Waals surface area (Å²) in [7, 11) is 0. The summed E-state index contributed by atoms with van der Waals surface area (Å²) in [6.07, 6.45) is 3.59. The van der Waals surface area contributed by atoms with E-state index in [0.717, 1.165) is 36.2 Å². The minimum atomic E-state index is -0.365. The number of benzene rings is 2. The fraction of sp³-hybridized carbons (Fsp3) is 0.364. The second-order valence-corrected chi connectivity index (χ2v) is 7.49. The van der Waals surface area contributed by atoms with Crippen LogP contribution in [0.3, 0.4) is 0 Å². The minimum Gasteiger partial charge on any atom is -0.326 e. The average molecular weight is 385 g/mol. The molecule has 27 heavy (non-hydrogen) atoms. The number of anilines is 2. The highest BCUT2D eigenvalue weighted by Gasteiger charge is 2.35. The third-order valence-corrected chi connectivity index (χ3v) is 5.48. The molecule has 2 aromatic carbocycles. The summed E-state index contributed by atoms with van der Waals surface area (Å²) in [5.74, 6) is -0.530. The number of unbranched alkanes of at least 4 members (excludes halogenated alkanes) is 1. The van der Waals surface area contributed by atoms with E-state index in [2.05, 4.69) is 12.2 Å². The third-order valence-electron chi connectivity index (χ3n) is 5.07. The molecule has 1 atom stereocenters. The predicted octanol–water partition coefficient (Wildman–Crippen LogP) is 4.98. The van der Waals surface area contributed by atoms with E-state index in [1.807, 2.05) is 43.3 Å². The van der Waals surface area contributed by atoms with Gasteiger partial charge in [-0.3, -0.25) is 9.59 Å². The Hall–Kier alpha value is -2.33. The zero-order chi connectivity index (χ0) is 19.4. The summed E-state index contributed by atoms with van der Waals surface area (Å²) in [6, 6.07) is 13.5. The Balaban J connectivity index is 1.64. The van der Waals surface area contributed by atoms with Gasteiger partial charge in [0.1, 0.15) is 0 Å². The Morgan fingerprint density at radius 1 is 1.22 bits per heavy atom. The largest absolute Gasteiger partial charge is 0.326 e. The highest BCUT2D eigenvalue weighted by Crippen LogP contribution is 2.31. The quantitative estimate of drug-likeness (QED) is 0.763. The Morgan fingerprint density at radius 2 is 1.96 bits per heavy atom. The van der Waals surface area contributed by atoms with E-state index in [1.165, 1.54) is 5.56 Å². The summed E-state index contributed by atoms with van der Waals surface area (Å²) in [5, 5.41) is 3.56. The van der Waals surface area contributed by atoms with Crippen LogP contribution in [0, 0.1) is 12.8 Å². The van der Waals surface area contributed by atoms with Gasteiger partial charge in [-0.25, -0.2) is 0 Å². The number of nitrogens with zero attached hydrogens (tertiary/aromatic N) is 1. The number of amides is 2. The van der Waals surface area contributed by atoms with Crippen LogP contribution in [0.5, 0.6) is 0 Å². The molecule has 0 bridgehead atoms. The van der Waals surface area contributed by atoms with Crippen molar-refractivity contribution in [2.45, 2.75) is 39.5 Å². The first-order valence-corrected chi connectivity index (χ1v) is 9.82. The zero-order valence-corrected chi connectivity index (χ0v) is 16.6. The van der Waals surface area contributed by atoms with Crippen LogP contribution in [-0.2, 0) is 16.0 Å². The maximum absolute atomic E-state index is 12.6. The van der Waals surface area contributed by atoms with E-state index < -0.39 is 0 Å². The maximum atomic E-state index is 12.6.